The van der Waals surface area contributed by atoms with Crippen molar-refractivity contribution in [2.24, 2.45) is 0 Å². The van der Waals surface area contributed by atoms with Crippen LogP contribution in [0.5, 0.6) is 5.75 Å². The third kappa shape index (κ3) is 5.52. The van der Waals surface area contributed by atoms with Crippen molar-refractivity contribution in [3.05, 3.63) is 30.2 Å². The summed E-state index contributed by atoms with van der Waals surface area (Å²) in [6, 6.07) is 7.32. The molecule has 11 nitrogen and oxygen atoms in total. The minimum absolute atomic E-state index is 0.0455. The summed E-state index contributed by atoms with van der Waals surface area (Å²) in [6.45, 7) is 3.84. The van der Waals surface area contributed by atoms with Gasteiger partial charge in [0.05, 0.1) is 7.11 Å². The number of methoxy groups -OCH3 is 1. The molecule has 0 unspecified atom stereocenters. The highest BCUT2D eigenvalue weighted by Crippen LogP contribution is 2.20. The van der Waals surface area contributed by atoms with Crippen molar-refractivity contribution >= 4 is 16.1 Å². The predicted octanol–water partition coefficient (Wildman–Crippen LogP) is 0.314. The number of aryl methyl sites for hydroxylation is 1. The van der Waals surface area contributed by atoms with Crippen molar-refractivity contribution < 1.29 is 22.5 Å². The summed E-state index contributed by atoms with van der Waals surface area (Å²) in [7, 11) is 0.111. The molecular formula is C21H30N6O5S. The summed E-state index contributed by atoms with van der Waals surface area (Å²) in [5, 5.41) is 3.99. The van der Waals surface area contributed by atoms with Gasteiger partial charge in [-0.3, -0.25) is 4.79 Å². The molecule has 12 heteroatoms. The van der Waals surface area contributed by atoms with Gasteiger partial charge in [-0.05, 0) is 31.3 Å². The first-order chi connectivity index (χ1) is 15.9. The zero-order valence-corrected chi connectivity index (χ0v) is 19.8. The molecular weight excluding hydrogens is 448 g/mol. The Bertz CT molecular complexity index is 1040. The maximum absolute atomic E-state index is 12.9. The Morgan fingerprint density at radius 1 is 1.00 bits per heavy atom. The first-order valence-electron chi connectivity index (χ1n) is 11.1. The Labute approximate surface area is 194 Å². The number of likely N-dealkylation sites (N-methyl/N-ethyl adjacent to an activating group) is 1. The number of amides is 1. The zero-order valence-electron chi connectivity index (χ0n) is 19.0. The van der Waals surface area contributed by atoms with Gasteiger partial charge in [-0.15, -0.1) is 0 Å². The number of hydrogen-bond donors (Lipinski definition) is 0. The minimum atomic E-state index is -3.48. The van der Waals surface area contributed by atoms with E-state index in [1.54, 1.807) is 16.3 Å². The molecule has 3 heterocycles. The van der Waals surface area contributed by atoms with E-state index in [-0.39, 0.29) is 12.3 Å². The number of ether oxygens (including phenoxy) is 1. The molecule has 0 radical (unpaired) electrons. The third-order valence-electron chi connectivity index (χ3n) is 6.08. The zero-order chi connectivity index (χ0) is 23.4. The van der Waals surface area contributed by atoms with Gasteiger partial charge in [0.15, 0.2) is 0 Å². The molecule has 0 N–H and O–H groups in total. The standard InChI is InChI=1S/C21H30N6O5S/c1-24-9-13-26(14-10-24)33(29,30)27-15-11-25(12-16-27)20(28)8-7-19-22-21(23-32-19)17-3-5-18(31-2)6-4-17/h3-6H,7-16H2,1-2H3. The van der Waals surface area contributed by atoms with Gasteiger partial charge in [0.25, 0.3) is 10.2 Å². The number of hydrogen-bond acceptors (Lipinski definition) is 8. The summed E-state index contributed by atoms with van der Waals surface area (Å²) in [5.41, 5.74) is 0.801. The lowest BCUT2D eigenvalue weighted by Gasteiger charge is -2.39. The fraction of sp³-hybridized carbons (Fsp3) is 0.571. The van der Waals surface area contributed by atoms with Gasteiger partial charge in [-0.1, -0.05) is 5.16 Å². The largest absolute Gasteiger partial charge is 0.497 e. The smallest absolute Gasteiger partial charge is 0.282 e. The Balaban J connectivity index is 1.25. The Kier molecular flexibility index (Phi) is 7.27. The van der Waals surface area contributed by atoms with Crippen LogP contribution < -0.4 is 4.74 Å². The van der Waals surface area contributed by atoms with Crippen molar-refractivity contribution in [3.63, 3.8) is 0 Å². The number of rotatable bonds is 7. The highest BCUT2D eigenvalue weighted by atomic mass is 32.2. The second kappa shape index (κ2) is 10.2. The average Bonchev–Trinajstić information content (AvgIpc) is 3.32. The van der Waals surface area contributed by atoms with E-state index < -0.39 is 10.2 Å². The van der Waals surface area contributed by atoms with Crippen LogP contribution in [0.25, 0.3) is 11.4 Å². The maximum atomic E-state index is 12.9. The van der Waals surface area contributed by atoms with Gasteiger partial charge < -0.3 is 19.1 Å². The summed E-state index contributed by atoms with van der Waals surface area (Å²) in [6.07, 6.45) is 0.567. The van der Waals surface area contributed by atoms with Crippen LogP contribution in [0.1, 0.15) is 12.3 Å². The first-order valence-corrected chi connectivity index (χ1v) is 12.4. The second-order valence-corrected chi connectivity index (χ2v) is 10.2. The number of benzene rings is 1. The van der Waals surface area contributed by atoms with Crippen LogP contribution in [0.2, 0.25) is 0 Å². The van der Waals surface area contributed by atoms with Crippen molar-refractivity contribution in [1.29, 1.82) is 0 Å². The van der Waals surface area contributed by atoms with Crippen molar-refractivity contribution in [3.8, 4) is 17.1 Å². The third-order valence-corrected chi connectivity index (χ3v) is 8.11. The van der Waals surface area contributed by atoms with Gasteiger partial charge in [-0.25, -0.2) is 0 Å². The second-order valence-electron chi connectivity index (χ2n) is 8.23. The molecule has 1 aromatic carbocycles. The maximum Gasteiger partial charge on any atom is 0.282 e. The highest BCUT2D eigenvalue weighted by molar-refractivity contribution is 7.86. The fourth-order valence-corrected chi connectivity index (χ4v) is 5.51. The number of nitrogens with zero attached hydrogens (tertiary/aromatic N) is 6. The van der Waals surface area contributed by atoms with Crippen molar-refractivity contribution in [1.82, 2.24) is 28.6 Å². The van der Waals surface area contributed by atoms with Crippen LogP contribution in [0, 0.1) is 0 Å². The van der Waals surface area contributed by atoms with Crippen LogP contribution in [0.4, 0.5) is 0 Å². The van der Waals surface area contributed by atoms with Gasteiger partial charge in [0.1, 0.15) is 5.75 Å². The minimum Gasteiger partial charge on any atom is -0.497 e. The average molecular weight is 479 g/mol. The van der Waals surface area contributed by atoms with Gasteiger partial charge in [0, 0.05) is 70.8 Å². The first kappa shape index (κ1) is 23.6. The van der Waals surface area contributed by atoms with Crippen molar-refractivity contribution in [2.75, 3.05) is 66.5 Å². The number of piperazine rings is 2. The molecule has 180 valence electrons. The molecule has 2 fully saturated rings. The number of aromatic nitrogens is 2. The molecule has 0 spiro atoms. The number of carbonyl (C=O) groups is 1. The number of carbonyl (C=O) groups excluding carboxylic acids is 1. The summed E-state index contributed by atoms with van der Waals surface area (Å²) < 4.78 is 39.2. The van der Waals surface area contributed by atoms with E-state index in [1.807, 2.05) is 31.3 Å². The van der Waals surface area contributed by atoms with Crippen molar-refractivity contribution in [2.45, 2.75) is 12.8 Å². The summed E-state index contributed by atoms with van der Waals surface area (Å²) in [5.74, 6) is 1.55. The molecule has 2 aromatic rings. The molecule has 0 atom stereocenters. The van der Waals surface area contributed by atoms with Gasteiger partial charge in [0.2, 0.25) is 17.6 Å². The molecule has 2 aliphatic rings. The van der Waals surface area contributed by atoms with Crippen LogP contribution >= 0.6 is 0 Å². The molecule has 0 bridgehead atoms. The molecule has 0 aliphatic carbocycles. The van der Waals surface area contributed by atoms with Crippen LogP contribution in [0.15, 0.2) is 28.8 Å². The fourth-order valence-electron chi connectivity index (χ4n) is 3.94. The highest BCUT2D eigenvalue weighted by Gasteiger charge is 2.34. The van der Waals surface area contributed by atoms with E-state index in [4.69, 9.17) is 9.26 Å². The SMILES string of the molecule is COc1ccc(-c2noc(CCC(=O)N3CCN(S(=O)(=O)N4CCN(C)CC4)CC3)n2)cc1. The molecule has 1 amide bonds. The molecule has 1 aromatic heterocycles. The van der Waals surface area contributed by atoms with Gasteiger partial charge >= 0.3 is 0 Å². The Morgan fingerprint density at radius 3 is 2.21 bits per heavy atom. The van der Waals surface area contributed by atoms with E-state index >= 15 is 0 Å². The molecule has 2 aliphatic heterocycles. The quantitative estimate of drug-likeness (QED) is 0.559. The van der Waals surface area contributed by atoms with Crippen LogP contribution in [-0.2, 0) is 21.4 Å². The molecule has 4 rings (SSSR count). The lowest BCUT2D eigenvalue weighted by atomic mass is 10.2. The molecule has 2 saturated heterocycles. The Hall–Kier alpha value is -2.54. The normalized spacial score (nSPS) is 19.0. The topological polar surface area (TPSA) is 112 Å². The van der Waals surface area contributed by atoms with Gasteiger partial charge in [-0.2, -0.15) is 22.0 Å². The lowest BCUT2D eigenvalue weighted by molar-refractivity contribution is -0.132. The molecule has 0 saturated carbocycles. The predicted molar refractivity (Wildman–Crippen MR) is 121 cm³/mol. The van der Waals surface area contributed by atoms with Crippen LogP contribution in [-0.4, -0.2) is 109 Å². The van der Waals surface area contributed by atoms with E-state index in [2.05, 4.69) is 15.0 Å². The molecule has 33 heavy (non-hydrogen) atoms. The van der Waals surface area contributed by atoms with E-state index in [1.165, 1.54) is 4.31 Å². The summed E-state index contributed by atoms with van der Waals surface area (Å²) >= 11 is 0. The monoisotopic (exact) mass is 478 g/mol. The van der Waals surface area contributed by atoms with E-state index in [0.29, 0.717) is 57.4 Å². The lowest BCUT2D eigenvalue weighted by Crippen LogP contribution is -2.57. The van der Waals surface area contributed by atoms with E-state index in [9.17, 15) is 13.2 Å². The van der Waals surface area contributed by atoms with E-state index in [0.717, 1.165) is 24.4 Å². The Morgan fingerprint density at radius 2 is 1.61 bits per heavy atom. The summed E-state index contributed by atoms with van der Waals surface area (Å²) in [4.78, 5) is 20.8. The van der Waals surface area contributed by atoms with Crippen LogP contribution in [0.3, 0.4) is 0 Å².